The summed E-state index contributed by atoms with van der Waals surface area (Å²) in [4.78, 5) is 36.5. The molecule has 1 aromatic rings. The van der Waals surface area contributed by atoms with Crippen LogP contribution in [0, 0.1) is 5.92 Å². The number of primary amides is 1. The van der Waals surface area contributed by atoms with Crippen LogP contribution in [0.15, 0.2) is 24.3 Å². The minimum atomic E-state index is -0.391. The molecule has 7 nitrogen and oxygen atoms in total. The standard InChI is InChI=1S/C17H22N2O5/c1-2-23-17(22)13-3-5-14(6-4-13)24-11-15(20)19-9-7-12(8-10-19)16(18)21/h3-6,12H,2,7-11H2,1H3,(H2,18,21). The summed E-state index contributed by atoms with van der Waals surface area (Å²) in [6.07, 6.45) is 1.19. The number of hydrogen-bond donors (Lipinski definition) is 1. The first kappa shape index (κ1) is 17.8. The van der Waals surface area contributed by atoms with Crippen LogP contribution in [0.2, 0.25) is 0 Å². The lowest BCUT2D eigenvalue weighted by Gasteiger charge is -2.30. The van der Waals surface area contributed by atoms with Crippen LogP contribution in [-0.2, 0) is 14.3 Å². The van der Waals surface area contributed by atoms with E-state index >= 15 is 0 Å². The van der Waals surface area contributed by atoms with E-state index in [1.807, 2.05) is 0 Å². The van der Waals surface area contributed by atoms with E-state index in [2.05, 4.69) is 0 Å². The van der Waals surface area contributed by atoms with Gasteiger partial charge in [0.25, 0.3) is 5.91 Å². The molecule has 0 aromatic heterocycles. The predicted molar refractivity (Wildman–Crippen MR) is 86.4 cm³/mol. The summed E-state index contributed by atoms with van der Waals surface area (Å²) in [5.74, 6) is -0.473. The first-order chi connectivity index (χ1) is 11.5. The zero-order valence-electron chi connectivity index (χ0n) is 13.7. The third-order valence-corrected chi connectivity index (χ3v) is 3.98. The number of carbonyl (C=O) groups excluding carboxylic acids is 3. The van der Waals surface area contributed by atoms with Crippen molar-refractivity contribution in [3.63, 3.8) is 0 Å². The molecule has 0 aliphatic carbocycles. The van der Waals surface area contributed by atoms with Crippen LogP contribution >= 0.6 is 0 Å². The monoisotopic (exact) mass is 334 g/mol. The van der Waals surface area contributed by atoms with Gasteiger partial charge < -0.3 is 20.1 Å². The van der Waals surface area contributed by atoms with Gasteiger partial charge in [0.2, 0.25) is 5.91 Å². The lowest BCUT2D eigenvalue weighted by atomic mass is 9.96. The summed E-state index contributed by atoms with van der Waals surface area (Å²) < 4.78 is 10.4. The van der Waals surface area contributed by atoms with Gasteiger partial charge in [-0.25, -0.2) is 4.79 Å². The summed E-state index contributed by atoms with van der Waals surface area (Å²) >= 11 is 0. The third kappa shape index (κ3) is 4.71. The van der Waals surface area contributed by atoms with Gasteiger partial charge in [0.15, 0.2) is 6.61 Å². The van der Waals surface area contributed by atoms with Gasteiger partial charge in [0, 0.05) is 19.0 Å². The van der Waals surface area contributed by atoms with Crippen molar-refractivity contribution in [3.05, 3.63) is 29.8 Å². The minimum Gasteiger partial charge on any atom is -0.484 e. The quantitative estimate of drug-likeness (QED) is 0.782. The molecule has 7 heteroatoms. The molecule has 24 heavy (non-hydrogen) atoms. The van der Waals surface area contributed by atoms with Crippen molar-refractivity contribution in [2.24, 2.45) is 11.7 Å². The molecular weight excluding hydrogens is 312 g/mol. The molecular formula is C17H22N2O5. The number of likely N-dealkylation sites (tertiary alicyclic amines) is 1. The van der Waals surface area contributed by atoms with Gasteiger partial charge in [-0.1, -0.05) is 0 Å². The number of nitrogens with two attached hydrogens (primary N) is 1. The molecule has 0 atom stereocenters. The molecule has 2 amide bonds. The maximum absolute atomic E-state index is 12.1. The fourth-order valence-electron chi connectivity index (χ4n) is 2.55. The Hall–Kier alpha value is -2.57. The van der Waals surface area contributed by atoms with Gasteiger partial charge in [-0.3, -0.25) is 9.59 Å². The molecule has 1 aliphatic heterocycles. The van der Waals surface area contributed by atoms with E-state index in [4.69, 9.17) is 15.2 Å². The Morgan fingerprint density at radius 1 is 1.17 bits per heavy atom. The Morgan fingerprint density at radius 3 is 2.33 bits per heavy atom. The Morgan fingerprint density at radius 2 is 1.79 bits per heavy atom. The molecule has 1 fully saturated rings. The number of piperidine rings is 1. The van der Waals surface area contributed by atoms with E-state index < -0.39 is 5.97 Å². The molecule has 1 saturated heterocycles. The number of rotatable bonds is 6. The molecule has 1 aliphatic rings. The zero-order valence-corrected chi connectivity index (χ0v) is 13.7. The van der Waals surface area contributed by atoms with Crippen LogP contribution in [-0.4, -0.2) is 49.0 Å². The Labute approximate surface area is 140 Å². The summed E-state index contributed by atoms with van der Waals surface area (Å²) in [5, 5.41) is 0. The summed E-state index contributed by atoms with van der Waals surface area (Å²) in [6.45, 7) is 3.00. The highest BCUT2D eigenvalue weighted by Gasteiger charge is 2.25. The van der Waals surface area contributed by atoms with Crippen LogP contribution in [0.3, 0.4) is 0 Å². The maximum atomic E-state index is 12.1. The van der Waals surface area contributed by atoms with Gasteiger partial charge in [0.1, 0.15) is 5.75 Å². The molecule has 2 N–H and O–H groups in total. The van der Waals surface area contributed by atoms with Gasteiger partial charge in [-0.15, -0.1) is 0 Å². The molecule has 0 saturated carbocycles. The van der Waals surface area contributed by atoms with Crippen molar-refractivity contribution in [1.29, 1.82) is 0 Å². The number of benzene rings is 1. The SMILES string of the molecule is CCOC(=O)c1ccc(OCC(=O)N2CCC(C(N)=O)CC2)cc1. The molecule has 0 radical (unpaired) electrons. The normalized spacial score (nSPS) is 15.0. The predicted octanol–water partition coefficient (Wildman–Crippen LogP) is 0.966. The molecule has 2 rings (SSSR count). The molecule has 0 spiro atoms. The fourth-order valence-corrected chi connectivity index (χ4v) is 2.55. The van der Waals surface area contributed by atoms with E-state index in [1.165, 1.54) is 0 Å². The topological polar surface area (TPSA) is 98.9 Å². The van der Waals surface area contributed by atoms with E-state index in [9.17, 15) is 14.4 Å². The highest BCUT2D eigenvalue weighted by Crippen LogP contribution is 2.17. The Balaban J connectivity index is 1.80. The van der Waals surface area contributed by atoms with E-state index in [0.29, 0.717) is 43.9 Å². The van der Waals surface area contributed by atoms with Crippen molar-refractivity contribution in [2.45, 2.75) is 19.8 Å². The summed E-state index contributed by atoms with van der Waals surface area (Å²) in [6, 6.07) is 6.43. The molecule has 130 valence electrons. The lowest BCUT2D eigenvalue weighted by molar-refractivity contribution is -0.136. The van der Waals surface area contributed by atoms with E-state index in [0.717, 1.165) is 0 Å². The highest BCUT2D eigenvalue weighted by atomic mass is 16.5. The average Bonchev–Trinajstić information content (AvgIpc) is 2.60. The Kier molecular flexibility index (Phi) is 6.17. The summed E-state index contributed by atoms with van der Waals surface area (Å²) in [5.41, 5.74) is 5.71. The second-order valence-electron chi connectivity index (χ2n) is 5.59. The Bertz CT molecular complexity index is 592. The largest absolute Gasteiger partial charge is 0.484 e. The van der Waals surface area contributed by atoms with Crippen molar-refractivity contribution in [3.8, 4) is 5.75 Å². The van der Waals surface area contributed by atoms with Gasteiger partial charge in [-0.2, -0.15) is 0 Å². The number of hydrogen-bond acceptors (Lipinski definition) is 5. The molecule has 1 aromatic carbocycles. The van der Waals surface area contributed by atoms with Gasteiger partial charge in [-0.05, 0) is 44.0 Å². The fraction of sp³-hybridized carbons (Fsp3) is 0.471. The van der Waals surface area contributed by atoms with Crippen LogP contribution in [0.1, 0.15) is 30.1 Å². The number of nitrogens with zero attached hydrogens (tertiary/aromatic N) is 1. The van der Waals surface area contributed by atoms with Crippen molar-refractivity contribution in [1.82, 2.24) is 4.90 Å². The number of ether oxygens (including phenoxy) is 2. The van der Waals surface area contributed by atoms with Crippen LogP contribution in [0.25, 0.3) is 0 Å². The maximum Gasteiger partial charge on any atom is 0.338 e. The first-order valence-corrected chi connectivity index (χ1v) is 7.98. The number of carbonyl (C=O) groups is 3. The molecule has 1 heterocycles. The third-order valence-electron chi connectivity index (χ3n) is 3.98. The minimum absolute atomic E-state index is 0.0833. The van der Waals surface area contributed by atoms with Crippen molar-refractivity contribution < 1.29 is 23.9 Å². The zero-order chi connectivity index (χ0) is 17.5. The van der Waals surface area contributed by atoms with Crippen molar-refractivity contribution >= 4 is 17.8 Å². The molecule has 0 unspecified atom stereocenters. The average molecular weight is 334 g/mol. The van der Waals surface area contributed by atoms with Crippen LogP contribution < -0.4 is 10.5 Å². The highest BCUT2D eigenvalue weighted by molar-refractivity contribution is 5.89. The number of amides is 2. The van der Waals surface area contributed by atoms with Gasteiger partial charge >= 0.3 is 5.97 Å². The van der Waals surface area contributed by atoms with E-state index in [-0.39, 0.29) is 24.3 Å². The van der Waals surface area contributed by atoms with E-state index in [1.54, 1.807) is 36.1 Å². The second kappa shape index (κ2) is 8.33. The summed E-state index contributed by atoms with van der Waals surface area (Å²) in [7, 11) is 0. The van der Waals surface area contributed by atoms with Crippen LogP contribution in [0.5, 0.6) is 5.75 Å². The molecule has 0 bridgehead atoms. The lowest BCUT2D eigenvalue weighted by Crippen LogP contribution is -2.43. The number of esters is 1. The first-order valence-electron chi connectivity index (χ1n) is 7.98. The van der Waals surface area contributed by atoms with Gasteiger partial charge in [0.05, 0.1) is 12.2 Å². The smallest absolute Gasteiger partial charge is 0.338 e. The van der Waals surface area contributed by atoms with Crippen LogP contribution in [0.4, 0.5) is 0 Å². The second-order valence-corrected chi connectivity index (χ2v) is 5.59. The van der Waals surface area contributed by atoms with Crippen molar-refractivity contribution in [2.75, 3.05) is 26.3 Å².